The molecule has 1 fully saturated rings. The number of aliphatic carboxylic acids is 1. The molecule has 0 bridgehead atoms. The molecule has 7 heteroatoms. The average molecular weight is 296 g/mol. The molecule has 1 aliphatic rings. The van der Waals surface area contributed by atoms with E-state index in [0.717, 1.165) is 0 Å². The molecule has 1 saturated heterocycles. The molecule has 2 amide bonds. The van der Waals surface area contributed by atoms with E-state index < -0.39 is 12.1 Å². The largest absolute Gasteiger partial charge is 0.481 e. The van der Waals surface area contributed by atoms with Crippen LogP contribution in [0.2, 0.25) is 0 Å². The number of carbonyl (C=O) groups is 2. The quantitative estimate of drug-likeness (QED) is 0.875. The van der Waals surface area contributed by atoms with E-state index in [-0.39, 0.29) is 31.4 Å². The van der Waals surface area contributed by atoms with Crippen LogP contribution < -0.4 is 5.32 Å². The van der Waals surface area contributed by atoms with Gasteiger partial charge in [0.1, 0.15) is 5.82 Å². The van der Waals surface area contributed by atoms with E-state index in [4.69, 9.17) is 9.84 Å². The second-order valence-electron chi connectivity index (χ2n) is 4.79. The molecule has 2 N–H and O–H groups in total. The minimum Gasteiger partial charge on any atom is -0.481 e. The first-order valence-electron chi connectivity index (χ1n) is 6.66. The van der Waals surface area contributed by atoms with Gasteiger partial charge in [0.05, 0.1) is 19.1 Å². The average Bonchev–Trinajstić information content (AvgIpc) is 2.45. The summed E-state index contributed by atoms with van der Waals surface area (Å²) in [5.41, 5.74) is 0.404. The van der Waals surface area contributed by atoms with Crippen LogP contribution in [-0.4, -0.2) is 47.8 Å². The summed E-state index contributed by atoms with van der Waals surface area (Å²) in [5, 5.41) is 11.4. The molecule has 1 aromatic carbocycles. The highest BCUT2D eigenvalue weighted by atomic mass is 19.1. The smallest absolute Gasteiger partial charge is 0.317 e. The molecule has 0 radical (unpaired) electrons. The number of rotatable bonds is 4. The number of carbonyl (C=O) groups excluding carboxylic acids is 1. The summed E-state index contributed by atoms with van der Waals surface area (Å²) in [4.78, 5) is 24.1. The summed E-state index contributed by atoms with van der Waals surface area (Å²) in [6, 6.07) is 5.86. The number of nitrogens with one attached hydrogen (secondary N) is 1. The number of amides is 2. The van der Waals surface area contributed by atoms with Crippen LogP contribution in [0, 0.1) is 5.82 Å². The zero-order valence-electron chi connectivity index (χ0n) is 11.4. The normalized spacial score (nSPS) is 18.3. The number of halogens is 1. The van der Waals surface area contributed by atoms with Crippen molar-refractivity contribution in [3.63, 3.8) is 0 Å². The molecule has 2 rings (SSSR count). The molecule has 1 heterocycles. The monoisotopic (exact) mass is 296 g/mol. The van der Waals surface area contributed by atoms with Gasteiger partial charge in [0.25, 0.3) is 0 Å². The lowest BCUT2D eigenvalue weighted by atomic mass is 10.2. The predicted molar refractivity (Wildman–Crippen MR) is 72.2 cm³/mol. The van der Waals surface area contributed by atoms with Gasteiger partial charge in [0, 0.05) is 25.2 Å². The van der Waals surface area contributed by atoms with Gasteiger partial charge >= 0.3 is 12.0 Å². The van der Waals surface area contributed by atoms with E-state index in [1.54, 1.807) is 18.2 Å². The Kier molecular flexibility index (Phi) is 5.10. The third-order valence-corrected chi connectivity index (χ3v) is 3.22. The third kappa shape index (κ3) is 4.42. The Morgan fingerprint density at radius 3 is 2.90 bits per heavy atom. The van der Waals surface area contributed by atoms with Crippen LogP contribution in [0.1, 0.15) is 12.0 Å². The Hall–Kier alpha value is -2.15. The molecule has 21 heavy (non-hydrogen) atoms. The molecule has 6 nitrogen and oxygen atoms in total. The number of benzene rings is 1. The van der Waals surface area contributed by atoms with Crippen molar-refractivity contribution in [2.24, 2.45) is 0 Å². The Balaban J connectivity index is 1.85. The number of hydrogen-bond acceptors (Lipinski definition) is 3. The third-order valence-electron chi connectivity index (χ3n) is 3.22. The molecule has 0 spiro atoms. The molecular formula is C14H17FN2O4. The van der Waals surface area contributed by atoms with Gasteiger partial charge in [-0.2, -0.15) is 0 Å². The standard InChI is InChI=1S/C14H17FN2O4/c15-12-4-2-1-3-10(12)8-16-14(20)17-5-6-21-11(9-17)7-13(18)19/h1-4,11H,5-9H2,(H,16,20)(H,18,19). The van der Waals surface area contributed by atoms with Gasteiger partial charge in [-0.15, -0.1) is 0 Å². The second kappa shape index (κ2) is 7.03. The maximum atomic E-state index is 13.4. The molecule has 0 aromatic heterocycles. The summed E-state index contributed by atoms with van der Waals surface area (Å²) in [7, 11) is 0. The first-order valence-corrected chi connectivity index (χ1v) is 6.66. The van der Waals surface area contributed by atoms with E-state index in [1.165, 1.54) is 11.0 Å². The second-order valence-corrected chi connectivity index (χ2v) is 4.79. The zero-order valence-corrected chi connectivity index (χ0v) is 11.4. The van der Waals surface area contributed by atoms with E-state index in [2.05, 4.69) is 5.32 Å². The van der Waals surface area contributed by atoms with Gasteiger partial charge in [0.15, 0.2) is 0 Å². The van der Waals surface area contributed by atoms with Crippen LogP contribution in [0.3, 0.4) is 0 Å². The minimum atomic E-state index is -0.964. The summed E-state index contributed by atoms with van der Waals surface area (Å²) in [5.74, 6) is -1.34. The number of carboxylic acid groups (broad SMARTS) is 1. The molecule has 0 aliphatic carbocycles. The predicted octanol–water partition coefficient (Wildman–Crippen LogP) is 1.21. The molecule has 1 aromatic rings. The van der Waals surface area contributed by atoms with Crippen molar-refractivity contribution in [1.82, 2.24) is 10.2 Å². The van der Waals surface area contributed by atoms with Crippen LogP contribution in [0.15, 0.2) is 24.3 Å². The van der Waals surface area contributed by atoms with Crippen molar-refractivity contribution < 1.29 is 23.8 Å². The zero-order chi connectivity index (χ0) is 15.2. The van der Waals surface area contributed by atoms with E-state index in [0.29, 0.717) is 18.7 Å². The number of morpholine rings is 1. The summed E-state index contributed by atoms with van der Waals surface area (Å²) >= 11 is 0. The van der Waals surface area contributed by atoms with Crippen molar-refractivity contribution in [3.05, 3.63) is 35.6 Å². The number of nitrogens with zero attached hydrogens (tertiary/aromatic N) is 1. The summed E-state index contributed by atoms with van der Waals surface area (Å²) < 4.78 is 18.7. The van der Waals surface area contributed by atoms with Crippen LogP contribution in [0.4, 0.5) is 9.18 Å². The van der Waals surface area contributed by atoms with Crippen LogP contribution >= 0.6 is 0 Å². The first-order chi connectivity index (χ1) is 10.1. The van der Waals surface area contributed by atoms with Gasteiger partial charge < -0.3 is 20.1 Å². The topological polar surface area (TPSA) is 78.9 Å². The molecule has 114 valence electrons. The lowest BCUT2D eigenvalue weighted by molar-refractivity contribution is -0.141. The molecule has 1 unspecified atom stereocenters. The summed E-state index contributed by atoms with van der Waals surface area (Å²) in [6.45, 7) is 0.992. The highest BCUT2D eigenvalue weighted by Gasteiger charge is 2.25. The van der Waals surface area contributed by atoms with Gasteiger partial charge in [-0.25, -0.2) is 9.18 Å². The van der Waals surface area contributed by atoms with E-state index in [1.807, 2.05) is 0 Å². The molecular weight excluding hydrogens is 279 g/mol. The van der Waals surface area contributed by atoms with Crippen molar-refractivity contribution in [2.75, 3.05) is 19.7 Å². The van der Waals surface area contributed by atoms with Gasteiger partial charge in [-0.1, -0.05) is 18.2 Å². The maximum Gasteiger partial charge on any atom is 0.317 e. The Labute approximate surface area is 121 Å². The number of urea groups is 1. The highest BCUT2D eigenvalue weighted by molar-refractivity contribution is 5.74. The Morgan fingerprint density at radius 2 is 2.19 bits per heavy atom. The van der Waals surface area contributed by atoms with Crippen molar-refractivity contribution in [3.8, 4) is 0 Å². The first kappa shape index (κ1) is 15.2. The SMILES string of the molecule is O=C(O)CC1CN(C(=O)NCc2ccccc2F)CCO1. The van der Waals surface area contributed by atoms with Crippen molar-refractivity contribution in [2.45, 2.75) is 19.1 Å². The van der Waals surface area contributed by atoms with Crippen LogP contribution in [-0.2, 0) is 16.1 Å². The molecule has 0 saturated carbocycles. The van der Waals surface area contributed by atoms with Gasteiger partial charge in [-0.3, -0.25) is 4.79 Å². The summed E-state index contributed by atoms with van der Waals surface area (Å²) in [6.07, 6.45) is -0.646. The number of hydrogen-bond donors (Lipinski definition) is 2. The van der Waals surface area contributed by atoms with E-state index >= 15 is 0 Å². The van der Waals surface area contributed by atoms with Gasteiger partial charge in [0.2, 0.25) is 0 Å². The Morgan fingerprint density at radius 1 is 1.43 bits per heavy atom. The lowest BCUT2D eigenvalue weighted by Gasteiger charge is -2.32. The lowest BCUT2D eigenvalue weighted by Crippen LogP contribution is -2.49. The molecule has 1 atom stereocenters. The van der Waals surface area contributed by atoms with Crippen molar-refractivity contribution >= 4 is 12.0 Å². The minimum absolute atomic E-state index is 0.0897. The van der Waals surface area contributed by atoms with Gasteiger partial charge in [-0.05, 0) is 6.07 Å². The highest BCUT2D eigenvalue weighted by Crippen LogP contribution is 2.10. The number of carboxylic acids is 1. The van der Waals surface area contributed by atoms with Crippen LogP contribution in [0.5, 0.6) is 0 Å². The van der Waals surface area contributed by atoms with Crippen molar-refractivity contribution in [1.29, 1.82) is 0 Å². The molecule has 1 aliphatic heterocycles. The van der Waals surface area contributed by atoms with Crippen LogP contribution in [0.25, 0.3) is 0 Å². The fraction of sp³-hybridized carbons (Fsp3) is 0.429. The maximum absolute atomic E-state index is 13.4. The fourth-order valence-corrected chi connectivity index (χ4v) is 2.15. The fourth-order valence-electron chi connectivity index (χ4n) is 2.15. The Bertz CT molecular complexity index is 523. The van der Waals surface area contributed by atoms with E-state index in [9.17, 15) is 14.0 Å². The number of ether oxygens (including phenoxy) is 1.